The molecule has 0 aliphatic heterocycles. The van der Waals surface area contributed by atoms with Crippen molar-refractivity contribution in [2.45, 2.75) is 25.9 Å². The average molecular weight is 605 g/mol. The van der Waals surface area contributed by atoms with Gasteiger partial charge in [-0.2, -0.15) is 0 Å². The summed E-state index contributed by atoms with van der Waals surface area (Å²) in [5.74, 6) is 0. The van der Waals surface area contributed by atoms with Gasteiger partial charge in [-0.25, -0.2) is 8.42 Å². The summed E-state index contributed by atoms with van der Waals surface area (Å²) in [4.78, 5) is 0. The van der Waals surface area contributed by atoms with Gasteiger partial charge in [0.05, 0.1) is 6.16 Å². The van der Waals surface area contributed by atoms with E-state index in [0.717, 1.165) is 12.7 Å². The summed E-state index contributed by atoms with van der Waals surface area (Å²) >= 11 is 0. The Labute approximate surface area is 232 Å². The molecule has 0 fully saturated rings. The van der Waals surface area contributed by atoms with Crippen molar-refractivity contribution in [3.05, 3.63) is 127 Å². The van der Waals surface area contributed by atoms with Gasteiger partial charge < -0.3 is 10.3 Å². The molecule has 198 valence electrons. The van der Waals surface area contributed by atoms with E-state index in [4.69, 9.17) is 23.3 Å². The molecule has 0 unspecified atom stereocenters. The quantitative estimate of drug-likeness (QED) is 0.165. The lowest BCUT2D eigenvalue weighted by Gasteiger charge is -2.27. The van der Waals surface area contributed by atoms with Gasteiger partial charge in [0.1, 0.15) is 23.2 Å². The molecule has 8 heteroatoms. The van der Waals surface area contributed by atoms with Crippen LogP contribution in [0, 0.1) is 0 Å². The molecule has 0 aliphatic carbocycles. The molecule has 0 saturated carbocycles. The van der Waals surface area contributed by atoms with E-state index >= 15 is 0 Å². The van der Waals surface area contributed by atoms with Gasteiger partial charge in [-0.05, 0) is 54.9 Å². The molecule has 37 heavy (non-hydrogen) atoms. The summed E-state index contributed by atoms with van der Waals surface area (Å²) in [6.07, 6.45) is 3.42. The molecule has 0 heterocycles. The summed E-state index contributed by atoms with van der Waals surface area (Å²) in [7, 11) is -6.69. The van der Waals surface area contributed by atoms with Crippen LogP contribution in [-0.4, -0.2) is 24.1 Å². The van der Waals surface area contributed by atoms with Gasteiger partial charge in [-0.1, -0.05) is 98.3 Å². The Morgan fingerprint density at radius 2 is 1.00 bits per heavy atom. The monoisotopic (exact) mass is 603 g/mol. The maximum Gasteiger partial charge on any atom is 0.215 e. The van der Waals surface area contributed by atoms with Gasteiger partial charge >= 0.3 is 0 Å². The number of hydrogen-bond acceptors (Lipinski definition) is 4. The van der Waals surface area contributed by atoms with Gasteiger partial charge in [-0.15, -0.1) is 17.0 Å². The summed E-state index contributed by atoms with van der Waals surface area (Å²) in [5.41, 5.74) is 6.53. The van der Waals surface area contributed by atoms with E-state index in [0.29, 0.717) is 0 Å². The first-order chi connectivity index (χ1) is 17.3. The van der Waals surface area contributed by atoms with Gasteiger partial charge in [-0.3, -0.25) is 4.55 Å². The Kier molecular flexibility index (Phi) is 15.2. The molecule has 0 bridgehead atoms. The topological polar surface area (TPSA) is 103 Å². The standard InChI is InChI=1S/C25H22P.C4H11N.BrH.H2O4S/c1-5-13-22(14-6-1)21-26(23-15-7-2-8-16-23,24-17-9-3-10-18-24)25-19-11-4-12-20-25;1-2-3-4-5;;1-5(2,3)4/h1-20H,21H2;2-5H2,1H3;1H;(H2,1,2,3,4)/q+1;;;/p-1. The van der Waals surface area contributed by atoms with Crippen molar-refractivity contribution in [3.8, 4) is 0 Å². The maximum absolute atomic E-state index is 8.63. The molecule has 0 atom stereocenters. The second kappa shape index (κ2) is 17.2. The average Bonchev–Trinajstić information content (AvgIpc) is 2.89. The highest BCUT2D eigenvalue weighted by Gasteiger charge is 2.45. The number of nitrogens with two attached hydrogens (primary N) is 1. The van der Waals surface area contributed by atoms with Crippen LogP contribution in [0.2, 0.25) is 0 Å². The molecule has 4 rings (SSSR count). The van der Waals surface area contributed by atoms with Crippen LogP contribution in [0.5, 0.6) is 0 Å². The molecule has 0 aromatic heterocycles. The van der Waals surface area contributed by atoms with E-state index in [2.05, 4.69) is 128 Å². The summed E-state index contributed by atoms with van der Waals surface area (Å²) in [5, 5.41) is 4.30. The van der Waals surface area contributed by atoms with Crippen LogP contribution < -0.4 is 21.6 Å². The van der Waals surface area contributed by atoms with Crippen molar-refractivity contribution >= 4 is 50.6 Å². The molecule has 0 radical (unpaired) electrons. The fourth-order valence-corrected chi connectivity index (χ4v) is 8.07. The van der Waals surface area contributed by atoms with Crippen molar-refractivity contribution in [1.29, 1.82) is 0 Å². The van der Waals surface area contributed by atoms with E-state index in [-0.39, 0.29) is 17.0 Å². The first-order valence-corrected chi connectivity index (χ1v) is 15.1. The van der Waals surface area contributed by atoms with Crippen molar-refractivity contribution in [2.24, 2.45) is 5.73 Å². The molecule has 0 saturated heterocycles. The third kappa shape index (κ3) is 11.3. The fourth-order valence-electron chi connectivity index (χ4n) is 3.83. The van der Waals surface area contributed by atoms with Crippen molar-refractivity contribution in [2.75, 3.05) is 6.54 Å². The summed E-state index contributed by atoms with van der Waals surface area (Å²) < 4.78 is 32.8. The highest BCUT2D eigenvalue weighted by Crippen LogP contribution is 2.58. The Hall–Kier alpha value is -2.38. The predicted octanol–water partition coefficient (Wildman–Crippen LogP) is 5.51. The third-order valence-corrected chi connectivity index (χ3v) is 9.79. The van der Waals surface area contributed by atoms with Gasteiger partial charge in [0.15, 0.2) is 0 Å². The van der Waals surface area contributed by atoms with Crippen LogP contribution >= 0.6 is 24.2 Å². The van der Waals surface area contributed by atoms with Crippen LogP contribution in [-0.2, 0) is 16.6 Å². The third-order valence-electron chi connectivity index (χ3n) is 5.41. The molecule has 0 amide bonds. The molecular formula is C29H35BrNO4PS. The van der Waals surface area contributed by atoms with Crippen LogP contribution in [0.15, 0.2) is 121 Å². The van der Waals surface area contributed by atoms with E-state index in [1.165, 1.54) is 34.3 Å². The van der Waals surface area contributed by atoms with E-state index in [1.807, 2.05) is 0 Å². The minimum Gasteiger partial charge on any atom is -0.726 e. The minimum atomic E-state index is -4.92. The molecule has 0 aliphatic rings. The molecule has 4 aromatic carbocycles. The highest BCUT2D eigenvalue weighted by molar-refractivity contribution is 8.93. The minimum absolute atomic E-state index is 0. The Balaban J connectivity index is 0.000000534. The zero-order valence-electron chi connectivity index (χ0n) is 20.9. The Morgan fingerprint density at radius 1 is 0.703 bits per heavy atom. The van der Waals surface area contributed by atoms with Crippen molar-refractivity contribution in [1.82, 2.24) is 0 Å². The molecule has 3 N–H and O–H groups in total. The number of hydrogen-bond donors (Lipinski definition) is 2. The molecule has 5 nitrogen and oxygen atoms in total. The predicted molar refractivity (Wildman–Crippen MR) is 162 cm³/mol. The lowest BCUT2D eigenvalue weighted by Crippen LogP contribution is -2.32. The van der Waals surface area contributed by atoms with Crippen LogP contribution in [0.25, 0.3) is 0 Å². The second-order valence-corrected chi connectivity index (χ2v) is 12.4. The highest BCUT2D eigenvalue weighted by atomic mass is 79.9. The largest absolute Gasteiger partial charge is 0.726 e. The number of halogens is 1. The van der Waals surface area contributed by atoms with Gasteiger partial charge in [0, 0.05) is 0 Å². The van der Waals surface area contributed by atoms with Crippen molar-refractivity contribution in [3.63, 3.8) is 0 Å². The Morgan fingerprint density at radius 3 is 1.24 bits per heavy atom. The van der Waals surface area contributed by atoms with E-state index < -0.39 is 17.7 Å². The molecular weight excluding hydrogens is 569 g/mol. The van der Waals surface area contributed by atoms with E-state index in [9.17, 15) is 0 Å². The van der Waals surface area contributed by atoms with Gasteiger partial charge in [0.25, 0.3) is 0 Å². The number of rotatable bonds is 7. The number of benzene rings is 4. The second-order valence-electron chi connectivity index (χ2n) is 8.03. The van der Waals surface area contributed by atoms with Crippen LogP contribution in [0.3, 0.4) is 0 Å². The molecule has 0 spiro atoms. The smallest absolute Gasteiger partial charge is 0.215 e. The summed E-state index contributed by atoms with van der Waals surface area (Å²) in [6, 6.07) is 44.0. The number of unbranched alkanes of at least 4 members (excludes halogenated alkanes) is 1. The van der Waals surface area contributed by atoms with Crippen LogP contribution in [0.4, 0.5) is 0 Å². The first-order valence-electron chi connectivity index (χ1n) is 11.8. The molecule has 4 aromatic rings. The maximum atomic E-state index is 8.63. The first kappa shape index (κ1) is 32.6. The zero-order chi connectivity index (χ0) is 26.3. The fraction of sp³-hybridized carbons (Fsp3) is 0.172. The van der Waals surface area contributed by atoms with Crippen molar-refractivity contribution < 1.29 is 17.5 Å². The SMILES string of the molecule is Br.CCCCN.O=S(=O)([O-])O.c1ccc(C[P+](c2ccccc2)(c2ccccc2)c2ccccc2)cc1. The normalized spacial score (nSPS) is 10.6. The van der Waals surface area contributed by atoms with Crippen LogP contribution in [0.1, 0.15) is 25.3 Å². The zero-order valence-corrected chi connectivity index (χ0v) is 24.3. The van der Waals surface area contributed by atoms with E-state index in [1.54, 1.807) is 0 Å². The lowest BCUT2D eigenvalue weighted by atomic mass is 10.2. The Bertz CT molecular complexity index is 1120. The van der Waals surface area contributed by atoms with Gasteiger partial charge in [0.2, 0.25) is 10.4 Å². The lowest BCUT2D eigenvalue weighted by molar-refractivity contribution is 0.366. The summed E-state index contributed by atoms with van der Waals surface area (Å²) in [6.45, 7) is 2.98.